The zero-order chi connectivity index (χ0) is 15.5. The highest BCUT2D eigenvalue weighted by Crippen LogP contribution is 2.33. The molecule has 1 aromatic carbocycles. The first-order chi connectivity index (χ1) is 10.7. The molecule has 3 N–H and O–H groups in total. The Bertz CT molecular complexity index is 815. The zero-order valence-corrected chi connectivity index (χ0v) is 11.3. The van der Waals surface area contributed by atoms with Gasteiger partial charge in [0.05, 0.1) is 17.6 Å². The molecule has 0 fully saturated rings. The standard InChI is InChI=1S/C15H12N4O3/c20-9-17-15-7-13(12-4-3-11(21)6-14(12)22)18-19(15)10-2-1-5-16-8-10/h1-9,21-22H,(H,17,20). The van der Waals surface area contributed by atoms with E-state index < -0.39 is 0 Å². The second-order valence-electron chi connectivity index (χ2n) is 4.50. The minimum Gasteiger partial charge on any atom is -0.508 e. The lowest BCUT2D eigenvalue weighted by molar-refractivity contribution is -0.105. The summed E-state index contributed by atoms with van der Waals surface area (Å²) in [6.45, 7) is 0. The summed E-state index contributed by atoms with van der Waals surface area (Å²) >= 11 is 0. The van der Waals surface area contributed by atoms with Crippen molar-refractivity contribution in [1.29, 1.82) is 0 Å². The summed E-state index contributed by atoms with van der Waals surface area (Å²) in [7, 11) is 0. The van der Waals surface area contributed by atoms with Crippen LogP contribution in [-0.4, -0.2) is 31.4 Å². The van der Waals surface area contributed by atoms with Gasteiger partial charge >= 0.3 is 0 Å². The predicted molar refractivity (Wildman–Crippen MR) is 79.8 cm³/mol. The van der Waals surface area contributed by atoms with Crippen molar-refractivity contribution in [2.45, 2.75) is 0 Å². The number of carbonyl (C=O) groups is 1. The van der Waals surface area contributed by atoms with Crippen LogP contribution in [0.1, 0.15) is 0 Å². The monoisotopic (exact) mass is 296 g/mol. The molecule has 0 spiro atoms. The molecule has 0 aliphatic carbocycles. The van der Waals surface area contributed by atoms with Crippen LogP contribution in [0.15, 0.2) is 48.8 Å². The molecule has 0 unspecified atom stereocenters. The number of phenolic OH excluding ortho intramolecular Hbond substituents is 2. The summed E-state index contributed by atoms with van der Waals surface area (Å²) in [6, 6.07) is 9.38. The van der Waals surface area contributed by atoms with Crippen molar-refractivity contribution in [3.8, 4) is 28.4 Å². The molecule has 7 nitrogen and oxygen atoms in total. The van der Waals surface area contributed by atoms with E-state index in [1.54, 1.807) is 36.7 Å². The zero-order valence-electron chi connectivity index (χ0n) is 11.3. The molecule has 110 valence electrons. The summed E-state index contributed by atoms with van der Waals surface area (Å²) in [5.74, 6) is 0.290. The van der Waals surface area contributed by atoms with Crippen LogP contribution in [0.25, 0.3) is 16.9 Å². The Morgan fingerprint density at radius 2 is 2.05 bits per heavy atom. The average Bonchev–Trinajstić information content (AvgIpc) is 2.92. The summed E-state index contributed by atoms with van der Waals surface area (Å²) in [5.41, 5.74) is 1.55. The third kappa shape index (κ3) is 2.47. The molecule has 0 saturated heterocycles. The number of hydrogen-bond acceptors (Lipinski definition) is 5. The maximum atomic E-state index is 10.8. The van der Waals surface area contributed by atoms with Crippen molar-refractivity contribution in [2.24, 2.45) is 0 Å². The van der Waals surface area contributed by atoms with Gasteiger partial charge in [-0.3, -0.25) is 9.78 Å². The number of amides is 1. The van der Waals surface area contributed by atoms with E-state index in [-0.39, 0.29) is 11.5 Å². The van der Waals surface area contributed by atoms with Crippen LogP contribution in [0, 0.1) is 0 Å². The second kappa shape index (κ2) is 5.57. The van der Waals surface area contributed by atoms with Crippen molar-refractivity contribution in [2.75, 3.05) is 5.32 Å². The Hall–Kier alpha value is -3.35. The molecule has 2 aromatic heterocycles. The molecule has 0 saturated carbocycles. The van der Waals surface area contributed by atoms with Crippen molar-refractivity contribution in [1.82, 2.24) is 14.8 Å². The summed E-state index contributed by atoms with van der Waals surface area (Å²) < 4.78 is 1.50. The van der Waals surface area contributed by atoms with Crippen LogP contribution in [0.2, 0.25) is 0 Å². The maximum Gasteiger partial charge on any atom is 0.212 e. The first kappa shape index (κ1) is 13.6. The number of anilines is 1. The Kier molecular flexibility index (Phi) is 3.45. The summed E-state index contributed by atoms with van der Waals surface area (Å²) in [4.78, 5) is 14.8. The lowest BCUT2D eigenvalue weighted by Gasteiger charge is -2.04. The van der Waals surface area contributed by atoms with E-state index >= 15 is 0 Å². The Morgan fingerprint density at radius 3 is 2.73 bits per heavy atom. The van der Waals surface area contributed by atoms with Crippen molar-refractivity contribution >= 4 is 12.2 Å². The second-order valence-corrected chi connectivity index (χ2v) is 4.50. The van der Waals surface area contributed by atoms with Gasteiger partial charge < -0.3 is 15.5 Å². The number of pyridine rings is 1. The fraction of sp³-hybridized carbons (Fsp3) is 0. The van der Waals surface area contributed by atoms with E-state index in [1.165, 1.54) is 16.8 Å². The fourth-order valence-corrected chi connectivity index (χ4v) is 2.09. The molecule has 22 heavy (non-hydrogen) atoms. The van der Waals surface area contributed by atoms with Gasteiger partial charge in [-0.2, -0.15) is 5.10 Å². The first-order valence-corrected chi connectivity index (χ1v) is 6.42. The number of nitrogens with zero attached hydrogens (tertiary/aromatic N) is 3. The Balaban J connectivity index is 2.12. The molecule has 0 bridgehead atoms. The minimum absolute atomic E-state index is 0.0424. The van der Waals surface area contributed by atoms with Gasteiger partial charge in [-0.05, 0) is 24.3 Å². The van der Waals surface area contributed by atoms with Gasteiger partial charge in [-0.1, -0.05) is 0 Å². The number of carbonyl (C=O) groups excluding carboxylic acids is 1. The largest absolute Gasteiger partial charge is 0.508 e. The normalized spacial score (nSPS) is 10.4. The number of aromatic nitrogens is 3. The van der Waals surface area contributed by atoms with E-state index in [2.05, 4.69) is 15.4 Å². The van der Waals surface area contributed by atoms with Crippen LogP contribution in [0.5, 0.6) is 11.5 Å². The summed E-state index contributed by atoms with van der Waals surface area (Å²) in [5, 5.41) is 26.2. The fourth-order valence-electron chi connectivity index (χ4n) is 2.09. The van der Waals surface area contributed by atoms with E-state index in [9.17, 15) is 15.0 Å². The highest BCUT2D eigenvalue weighted by Gasteiger charge is 2.14. The van der Waals surface area contributed by atoms with Crippen LogP contribution >= 0.6 is 0 Å². The molecule has 2 heterocycles. The third-order valence-corrected chi connectivity index (χ3v) is 3.06. The van der Waals surface area contributed by atoms with Gasteiger partial charge in [-0.25, -0.2) is 4.68 Å². The molecule has 0 aliphatic rings. The Labute approximate surface area is 125 Å². The number of phenols is 2. The van der Waals surface area contributed by atoms with Crippen LogP contribution in [0.4, 0.5) is 5.82 Å². The van der Waals surface area contributed by atoms with Gasteiger partial charge in [0.1, 0.15) is 17.3 Å². The molecule has 0 radical (unpaired) electrons. The van der Waals surface area contributed by atoms with Gasteiger partial charge in [0.25, 0.3) is 0 Å². The number of benzene rings is 1. The smallest absolute Gasteiger partial charge is 0.212 e. The number of nitrogens with one attached hydrogen (secondary N) is 1. The average molecular weight is 296 g/mol. The Morgan fingerprint density at radius 1 is 1.18 bits per heavy atom. The molecule has 3 rings (SSSR count). The van der Waals surface area contributed by atoms with Gasteiger partial charge in [0.15, 0.2) is 0 Å². The number of hydrogen-bond donors (Lipinski definition) is 3. The van der Waals surface area contributed by atoms with Gasteiger partial charge in [-0.15, -0.1) is 0 Å². The lowest BCUT2D eigenvalue weighted by Crippen LogP contribution is -2.04. The number of rotatable bonds is 4. The van der Waals surface area contributed by atoms with Crippen LogP contribution in [0.3, 0.4) is 0 Å². The quantitative estimate of drug-likeness (QED) is 0.639. The van der Waals surface area contributed by atoms with E-state index in [0.29, 0.717) is 29.2 Å². The van der Waals surface area contributed by atoms with Crippen LogP contribution < -0.4 is 5.32 Å². The molecule has 7 heteroatoms. The highest BCUT2D eigenvalue weighted by molar-refractivity contribution is 5.76. The first-order valence-electron chi connectivity index (χ1n) is 6.42. The van der Waals surface area contributed by atoms with E-state index in [4.69, 9.17) is 0 Å². The lowest BCUT2D eigenvalue weighted by atomic mass is 10.1. The molecule has 1 amide bonds. The topological polar surface area (TPSA) is 100 Å². The SMILES string of the molecule is O=CNc1cc(-c2ccc(O)cc2O)nn1-c1cccnc1. The van der Waals surface area contributed by atoms with Crippen molar-refractivity contribution in [3.63, 3.8) is 0 Å². The molecule has 0 aliphatic heterocycles. The third-order valence-electron chi connectivity index (χ3n) is 3.06. The molecular formula is C15H12N4O3. The summed E-state index contributed by atoms with van der Waals surface area (Å²) in [6.07, 6.45) is 3.78. The molecule has 3 aromatic rings. The van der Waals surface area contributed by atoms with Crippen molar-refractivity contribution < 1.29 is 15.0 Å². The van der Waals surface area contributed by atoms with Gasteiger partial charge in [0.2, 0.25) is 6.41 Å². The minimum atomic E-state index is -0.103. The van der Waals surface area contributed by atoms with Gasteiger partial charge in [0, 0.05) is 23.9 Å². The molecular weight excluding hydrogens is 284 g/mol. The predicted octanol–water partition coefficient (Wildman–Crippen LogP) is 1.91. The van der Waals surface area contributed by atoms with Crippen molar-refractivity contribution in [3.05, 3.63) is 48.8 Å². The van der Waals surface area contributed by atoms with Crippen LogP contribution in [-0.2, 0) is 4.79 Å². The maximum absolute atomic E-state index is 10.8. The highest BCUT2D eigenvalue weighted by atomic mass is 16.3. The number of aromatic hydroxyl groups is 2. The van der Waals surface area contributed by atoms with E-state index in [1.807, 2.05) is 0 Å². The molecule has 0 atom stereocenters. The van der Waals surface area contributed by atoms with E-state index in [0.717, 1.165) is 0 Å².